The molecule has 4 nitrogen and oxygen atoms in total. The maximum absolute atomic E-state index is 12.6. The summed E-state index contributed by atoms with van der Waals surface area (Å²) in [6, 6.07) is 4.68. The maximum atomic E-state index is 12.6. The number of sulfonamides is 1. The molecule has 1 rings (SSSR count). The monoisotopic (exact) mass is 316 g/mol. The fraction of sp³-hybridized carbons (Fsp3) is 0.429. The third-order valence-electron chi connectivity index (χ3n) is 2.88. The summed E-state index contributed by atoms with van der Waals surface area (Å²) in [7, 11) is -1.75. The van der Waals surface area contributed by atoms with Gasteiger partial charge in [-0.3, -0.25) is 0 Å². The van der Waals surface area contributed by atoms with Crippen LogP contribution in [0.25, 0.3) is 0 Å². The fourth-order valence-electron chi connectivity index (χ4n) is 1.87. The van der Waals surface area contributed by atoms with E-state index in [1.165, 1.54) is 10.4 Å². The van der Waals surface area contributed by atoms with E-state index >= 15 is 0 Å². The van der Waals surface area contributed by atoms with Gasteiger partial charge in [0.2, 0.25) is 10.0 Å². The second-order valence-corrected chi connectivity index (χ2v) is 7.04. The quantitative estimate of drug-likeness (QED) is 0.787. The smallest absolute Gasteiger partial charge is 0.243 e. The number of halogens is 1. The molecule has 1 N–H and O–H groups in total. The van der Waals surface area contributed by atoms with Crippen molar-refractivity contribution in [2.75, 3.05) is 13.6 Å². The Morgan fingerprint density at radius 1 is 1.45 bits per heavy atom. The Morgan fingerprint density at radius 3 is 2.55 bits per heavy atom. The molecule has 0 amide bonds. The fourth-order valence-corrected chi connectivity index (χ4v) is 3.82. The van der Waals surface area contributed by atoms with Gasteiger partial charge >= 0.3 is 0 Å². The molecule has 0 spiro atoms. The minimum absolute atomic E-state index is 0.145. The van der Waals surface area contributed by atoms with E-state index in [9.17, 15) is 8.42 Å². The van der Waals surface area contributed by atoms with Crippen molar-refractivity contribution < 1.29 is 8.42 Å². The minimum Gasteiger partial charge on any atom is -0.316 e. The van der Waals surface area contributed by atoms with Crippen molar-refractivity contribution in [1.29, 1.82) is 0 Å². The molecular weight excluding hydrogens is 296 g/mol. The average molecular weight is 317 g/mol. The summed E-state index contributed by atoms with van der Waals surface area (Å²) in [6.45, 7) is 8.14. The molecule has 1 aromatic carbocycles. The van der Waals surface area contributed by atoms with Crippen molar-refractivity contribution >= 4 is 21.6 Å². The first-order chi connectivity index (χ1) is 9.34. The van der Waals surface area contributed by atoms with E-state index in [0.717, 1.165) is 5.56 Å². The molecule has 0 atom stereocenters. The zero-order valence-corrected chi connectivity index (χ0v) is 13.6. The van der Waals surface area contributed by atoms with Gasteiger partial charge in [-0.05, 0) is 38.6 Å². The van der Waals surface area contributed by atoms with Crippen molar-refractivity contribution in [2.45, 2.75) is 31.3 Å². The van der Waals surface area contributed by atoms with Gasteiger partial charge in [0.15, 0.2) is 0 Å². The lowest BCUT2D eigenvalue weighted by atomic mass is 10.2. The topological polar surface area (TPSA) is 49.4 Å². The van der Waals surface area contributed by atoms with Crippen LogP contribution in [-0.2, 0) is 16.6 Å². The van der Waals surface area contributed by atoms with Crippen molar-refractivity contribution in [3.05, 3.63) is 41.4 Å². The molecular formula is C14H21ClN2O2S. The Kier molecular flexibility index (Phi) is 6.20. The van der Waals surface area contributed by atoms with Crippen LogP contribution < -0.4 is 5.32 Å². The number of rotatable bonds is 7. The van der Waals surface area contributed by atoms with Crippen molar-refractivity contribution in [3.63, 3.8) is 0 Å². The van der Waals surface area contributed by atoms with Crippen LogP contribution in [0.2, 0.25) is 5.02 Å². The molecule has 20 heavy (non-hydrogen) atoms. The Bertz CT molecular complexity index is 571. The highest BCUT2D eigenvalue weighted by molar-refractivity contribution is 7.89. The normalized spacial score (nSPS) is 12.1. The molecule has 1 aromatic rings. The van der Waals surface area contributed by atoms with E-state index in [-0.39, 0.29) is 17.5 Å². The molecule has 0 saturated heterocycles. The van der Waals surface area contributed by atoms with Crippen LogP contribution in [0.5, 0.6) is 0 Å². The SMILES string of the molecule is C=CCN(C(C)C)S(=O)(=O)c1ccc(CNC)c(Cl)c1. The van der Waals surface area contributed by atoms with Crippen molar-refractivity contribution in [2.24, 2.45) is 0 Å². The van der Waals surface area contributed by atoms with Gasteiger partial charge in [-0.1, -0.05) is 23.7 Å². The highest BCUT2D eigenvalue weighted by Crippen LogP contribution is 2.24. The summed E-state index contributed by atoms with van der Waals surface area (Å²) in [5.41, 5.74) is 0.868. The number of nitrogens with zero attached hydrogens (tertiary/aromatic N) is 1. The van der Waals surface area contributed by atoms with Gasteiger partial charge in [-0.15, -0.1) is 6.58 Å². The first kappa shape index (κ1) is 17.2. The predicted octanol–water partition coefficient (Wildman–Crippen LogP) is 2.64. The van der Waals surface area contributed by atoms with E-state index < -0.39 is 10.0 Å². The average Bonchev–Trinajstić information content (AvgIpc) is 2.37. The molecule has 0 radical (unpaired) electrons. The summed E-state index contributed by atoms with van der Waals surface area (Å²) < 4.78 is 26.6. The Labute approximate surface area is 126 Å². The first-order valence-electron chi connectivity index (χ1n) is 6.40. The van der Waals surface area contributed by atoms with Crippen LogP contribution in [0.1, 0.15) is 19.4 Å². The molecule has 0 aliphatic heterocycles. The van der Waals surface area contributed by atoms with E-state index in [0.29, 0.717) is 11.6 Å². The molecule has 112 valence electrons. The van der Waals surface area contributed by atoms with E-state index in [4.69, 9.17) is 11.6 Å². The molecule has 0 aliphatic rings. The molecule has 0 aromatic heterocycles. The van der Waals surface area contributed by atoms with Crippen LogP contribution in [-0.4, -0.2) is 32.4 Å². The van der Waals surface area contributed by atoms with E-state index in [1.54, 1.807) is 18.2 Å². The molecule has 0 heterocycles. The second-order valence-electron chi connectivity index (χ2n) is 4.74. The van der Waals surface area contributed by atoms with Crippen LogP contribution >= 0.6 is 11.6 Å². The summed E-state index contributed by atoms with van der Waals surface area (Å²) in [4.78, 5) is 0.206. The lowest BCUT2D eigenvalue weighted by Crippen LogP contribution is -2.37. The highest BCUT2D eigenvalue weighted by Gasteiger charge is 2.26. The molecule has 0 aliphatic carbocycles. The van der Waals surface area contributed by atoms with Gasteiger partial charge < -0.3 is 5.32 Å². The lowest BCUT2D eigenvalue weighted by molar-refractivity contribution is 0.383. The molecule has 6 heteroatoms. The zero-order chi connectivity index (χ0) is 15.3. The van der Waals surface area contributed by atoms with Gasteiger partial charge in [-0.25, -0.2) is 8.42 Å². The Hall–Kier alpha value is -0.880. The number of nitrogens with one attached hydrogen (secondary N) is 1. The first-order valence-corrected chi connectivity index (χ1v) is 8.22. The van der Waals surface area contributed by atoms with Gasteiger partial charge in [0.05, 0.1) is 4.90 Å². The summed E-state index contributed by atoms with van der Waals surface area (Å²) >= 11 is 6.13. The van der Waals surface area contributed by atoms with Crippen LogP contribution in [0.3, 0.4) is 0 Å². The molecule has 0 fully saturated rings. The lowest BCUT2D eigenvalue weighted by Gasteiger charge is -2.24. The Morgan fingerprint density at radius 2 is 2.10 bits per heavy atom. The standard InChI is InChI=1S/C14H21ClN2O2S/c1-5-8-17(11(2)3)20(18,19)13-7-6-12(10-16-4)14(15)9-13/h5-7,9,11,16H,1,8,10H2,2-4H3. The van der Waals surface area contributed by atoms with Crippen LogP contribution in [0.15, 0.2) is 35.7 Å². The minimum atomic E-state index is -3.56. The molecule has 0 bridgehead atoms. The van der Waals surface area contributed by atoms with E-state index in [1.807, 2.05) is 20.9 Å². The maximum Gasteiger partial charge on any atom is 0.243 e. The predicted molar refractivity (Wildman–Crippen MR) is 83.4 cm³/mol. The Balaban J connectivity index is 3.21. The summed E-state index contributed by atoms with van der Waals surface area (Å²) in [5.74, 6) is 0. The zero-order valence-electron chi connectivity index (χ0n) is 12.1. The van der Waals surface area contributed by atoms with Gasteiger partial charge in [0.25, 0.3) is 0 Å². The number of hydrogen-bond donors (Lipinski definition) is 1. The molecule has 0 unspecified atom stereocenters. The van der Waals surface area contributed by atoms with Gasteiger partial charge in [0, 0.05) is 24.2 Å². The number of hydrogen-bond acceptors (Lipinski definition) is 3. The molecule has 0 saturated carbocycles. The van der Waals surface area contributed by atoms with E-state index in [2.05, 4.69) is 11.9 Å². The van der Waals surface area contributed by atoms with Gasteiger partial charge in [0.1, 0.15) is 0 Å². The third-order valence-corrected chi connectivity index (χ3v) is 5.27. The van der Waals surface area contributed by atoms with Crippen molar-refractivity contribution in [3.8, 4) is 0 Å². The summed E-state index contributed by atoms with van der Waals surface area (Å²) in [6.07, 6.45) is 1.58. The number of benzene rings is 1. The second kappa shape index (κ2) is 7.22. The third kappa shape index (κ3) is 3.82. The largest absolute Gasteiger partial charge is 0.316 e. The van der Waals surface area contributed by atoms with Gasteiger partial charge in [-0.2, -0.15) is 4.31 Å². The van der Waals surface area contributed by atoms with Crippen LogP contribution in [0, 0.1) is 0 Å². The van der Waals surface area contributed by atoms with Crippen LogP contribution in [0.4, 0.5) is 0 Å². The summed E-state index contributed by atoms with van der Waals surface area (Å²) in [5, 5.41) is 3.43. The van der Waals surface area contributed by atoms with Crippen molar-refractivity contribution in [1.82, 2.24) is 9.62 Å². The highest BCUT2D eigenvalue weighted by atomic mass is 35.5.